The molecule has 0 atom stereocenters. The first-order valence-corrected chi connectivity index (χ1v) is 5.97. The molecule has 0 spiro atoms. The van der Waals surface area contributed by atoms with Gasteiger partial charge in [-0.1, -0.05) is 0 Å². The van der Waals surface area contributed by atoms with Crippen LogP contribution in [0.15, 0.2) is 0 Å². The zero-order chi connectivity index (χ0) is 14.2. The van der Waals surface area contributed by atoms with Crippen molar-refractivity contribution in [2.75, 3.05) is 0 Å². The lowest BCUT2D eigenvalue weighted by molar-refractivity contribution is 0.0611. The maximum atomic E-state index is 12.9. The van der Waals surface area contributed by atoms with Gasteiger partial charge in [0.1, 0.15) is 5.84 Å². The van der Waals surface area contributed by atoms with Crippen LogP contribution in [0.3, 0.4) is 0 Å². The summed E-state index contributed by atoms with van der Waals surface area (Å²) in [5.41, 5.74) is 1.72. The van der Waals surface area contributed by atoms with Crippen molar-refractivity contribution in [1.29, 1.82) is 10.8 Å². The van der Waals surface area contributed by atoms with Gasteiger partial charge in [-0.25, -0.2) is 4.98 Å². The van der Waals surface area contributed by atoms with E-state index in [1.165, 1.54) is 6.92 Å². The molecule has 0 saturated carbocycles. The van der Waals surface area contributed by atoms with E-state index in [-0.39, 0.29) is 11.7 Å². The lowest BCUT2D eigenvalue weighted by atomic mass is 10.4. The first-order valence-electron chi connectivity index (χ1n) is 5.97. The average Bonchev–Trinajstić information content (AvgIpc) is 2.86. The fourth-order valence-electron chi connectivity index (χ4n) is 2.22. The summed E-state index contributed by atoms with van der Waals surface area (Å²) in [4.78, 5) is 4.62. The molecule has 0 aromatic carbocycles. The number of aromatic nitrogens is 2. The van der Waals surface area contributed by atoms with E-state index < -0.39 is 12.4 Å². The number of hydrogen-bond acceptors (Lipinski definition) is 4. The van der Waals surface area contributed by atoms with Crippen molar-refractivity contribution in [3.8, 4) is 0 Å². The van der Waals surface area contributed by atoms with Gasteiger partial charge >= 0.3 is 6.55 Å². The van der Waals surface area contributed by atoms with Gasteiger partial charge in [-0.05, 0) is 13.8 Å². The number of halogens is 2. The Hall–Kier alpha value is -1.83. The molecule has 0 fully saturated rings. The van der Waals surface area contributed by atoms with E-state index in [4.69, 9.17) is 10.8 Å². The van der Waals surface area contributed by atoms with Crippen molar-refractivity contribution in [3.63, 3.8) is 0 Å². The summed E-state index contributed by atoms with van der Waals surface area (Å²) in [6.45, 7) is 1.95. The van der Waals surface area contributed by atoms with Crippen LogP contribution in [0.25, 0.3) is 0 Å². The topological polar surface area (TPSA) is 80.8 Å². The first kappa shape index (κ1) is 13.6. The molecule has 1 aliphatic rings. The third kappa shape index (κ3) is 2.23. The van der Waals surface area contributed by atoms with Crippen LogP contribution < -0.4 is 5.32 Å². The summed E-state index contributed by atoms with van der Waals surface area (Å²) < 4.78 is 27.6. The monoisotopic (exact) mass is 270 g/mol. The lowest BCUT2D eigenvalue weighted by Gasteiger charge is -2.22. The van der Waals surface area contributed by atoms with E-state index in [2.05, 4.69) is 10.3 Å². The molecule has 0 bridgehead atoms. The molecule has 8 heteroatoms. The number of amidine groups is 2. The molecule has 0 unspecified atom stereocenters. The normalized spacial score (nSPS) is 13.7. The third-order valence-electron chi connectivity index (χ3n) is 3.07. The van der Waals surface area contributed by atoms with Crippen LogP contribution in [-0.4, -0.2) is 32.7 Å². The molecule has 0 aliphatic carbocycles. The Bertz CT molecular complexity index is 522. The van der Waals surface area contributed by atoms with Crippen LogP contribution in [0.1, 0.15) is 31.1 Å². The molecular weight excluding hydrogens is 254 g/mol. The summed E-state index contributed by atoms with van der Waals surface area (Å²) in [5, 5.41) is 18.4. The zero-order valence-electron chi connectivity index (χ0n) is 10.8. The molecule has 19 heavy (non-hydrogen) atoms. The van der Waals surface area contributed by atoms with E-state index in [0.717, 1.165) is 11.4 Å². The van der Waals surface area contributed by atoms with E-state index in [9.17, 15) is 8.78 Å². The molecule has 0 radical (unpaired) electrons. The Kier molecular flexibility index (Phi) is 3.61. The molecule has 0 saturated heterocycles. The second-order valence-corrected chi connectivity index (χ2v) is 4.26. The predicted octanol–water partition coefficient (Wildman–Crippen LogP) is 1.35. The van der Waals surface area contributed by atoms with Gasteiger partial charge in [-0.2, -0.15) is 8.78 Å². The molecule has 1 aliphatic heterocycles. The van der Waals surface area contributed by atoms with Crippen molar-refractivity contribution in [2.45, 2.75) is 40.0 Å². The maximum Gasteiger partial charge on any atom is 0.321 e. The molecule has 0 amide bonds. The molecule has 104 valence electrons. The number of imidazole rings is 1. The van der Waals surface area contributed by atoms with Gasteiger partial charge in [0.05, 0.1) is 11.4 Å². The quantitative estimate of drug-likeness (QED) is 0.440. The lowest BCUT2D eigenvalue weighted by Crippen LogP contribution is -2.40. The average molecular weight is 270 g/mol. The van der Waals surface area contributed by atoms with E-state index >= 15 is 0 Å². The minimum absolute atomic E-state index is 0.195. The third-order valence-corrected chi connectivity index (χ3v) is 3.07. The molecule has 1 aromatic heterocycles. The number of nitrogens with one attached hydrogen (secondary N) is 3. The van der Waals surface area contributed by atoms with Gasteiger partial charge in [0.15, 0.2) is 11.7 Å². The highest BCUT2D eigenvalue weighted by molar-refractivity contribution is 6.04. The van der Waals surface area contributed by atoms with Crippen LogP contribution in [-0.2, 0) is 19.6 Å². The first-order chi connectivity index (χ1) is 8.97. The SMILES string of the molecule is CCn1c(C(=N)N(C(C)=N)C(F)F)nc2c1CNC2. The fraction of sp³-hybridized carbons (Fsp3) is 0.545. The minimum Gasteiger partial charge on any atom is -0.324 e. The summed E-state index contributed by atoms with van der Waals surface area (Å²) in [6.07, 6.45) is 0. The Labute approximate surface area is 109 Å². The van der Waals surface area contributed by atoms with Crippen LogP contribution in [0.2, 0.25) is 0 Å². The number of fused-ring (bicyclic) bond motifs is 1. The van der Waals surface area contributed by atoms with Gasteiger partial charge in [-0.3, -0.25) is 15.7 Å². The van der Waals surface area contributed by atoms with Crippen molar-refractivity contribution in [1.82, 2.24) is 19.8 Å². The largest absolute Gasteiger partial charge is 0.324 e. The van der Waals surface area contributed by atoms with Crippen LogP contribution >= 0.6 is 0 Å². The van der Waals surface area contributed by atoms with Crippen molar-refractivity contribution >= 4 is 11.7 Å². The molecule has 2 heterocycles. The Morgan fingerprint density at radius 1 is 1.47 bits per heavy atom. The summed E-state index contributed by atoms with van der Waals surface area (Å²) in [5.74, 6) is -0.608. The number of hydrogen-bond donors (Lipinski definition) is 3. The second kappa shape index (κ2) is 5.04. The highest BCUT2D eigenvalue weighted by Gasteiger charge is 2.29. The van der Waals surface area contributed by atoms with E-state index in [1.807, 2.05) is 6.92 Å². The maximum absolute atomic E-state index is 12.9. The van der Waals surface area contributed by atoms with Gasteiger partial charge in [0.25, 0.3) is 0 Å². The summed E-state index contributed by atoms with van der Waals surface area (Å²) >= 11 is 0. The minimum atomic E-state index is -2.92. The molecular formula is C11H16F2N6. The standard InChI is InChI=1S/C11H16F2N6/c1-3-18-8-5-16-4-7(8)17-10(18)9(15)19(6(2)14)11(12)13/h11,14-16H,3-5H2,1-2H3. The van der Waals surface area contributed by atoms with Gasteiger partial charge in [0.2, 0.25) is 0 Å². The van der Waals surface area contributed by atoms with Gasteiger partial charge in [0, 0.05) is 19.6 Å². The fourth-order valence-corrected chi connectivity index (χ4v) is 2.22. The molecule has 6 nitrogen and oxygen atoms in total. The van der Waals surface area contributed by atoms with Crippen molar-refractivity contribution in [2.24, 2.45) is 0 Å². The summed E-state index contributed by atoms with van der Waals surface area (Å²) in [7, 11) is 0. The molecule has 1 aromatic rings. The Balaban J connectivity index is 2.41. The highest BCUT2D eigenvalue weighted by Crippen LogP contribution is 2.19. The highest BCUT2D eigenvalue weighted by atomic mass is 19.3. The molecule has 3 N–H and O–H groups in total. The number of rotatable bonds is 3. The van der Waals surface area contributed by atoms with Crippen LogP contribution in [0.4, 0.5) is 8.78 Å². The van der Waals surface area contributed by atoms with E-state index in [1.54, 1.807) is 4.57 Å². The van der Waals surface area contributed by atoms with E-state index in [0.29, 0.717) is 24.5 Å². The van der Waals surface area contributed by atoms with Gasteiger partial charge < -0.3 is 9.88 Å². The number of alkyl halides is 2. The van der Waals surface area contributed by atoms with Crippen LogP contribution in [0.5, 0.6) is 0 Å². The predicted molar refractivity (Wildman–Crippen MR) is 66.5 cm³/mol. The van der Waals surface area contributed by atoms with Crippen molar-refractivity contribution < 1.29 is 8.78 Å². The summed E-state index contributed by atoms with van der Waals surface area (Å²) in [6, 6.07) is 0. The Morgan fingerprint density at radius 2 is 2.16 bits per heavy atom. The smallest absolute Gasteiger partial charge is 0.321 e. The van der Waals surface area contributed by atoms with Crippen molar-refractivity contribution in [3.05, 3.63) is 17.2 Å². The Morgan fingerprint density at radius 3 is 2.68 bits per heavy atom. The zero-order valence-corrected chi connectivity index (χ0v) is 10.8. The van der Waals surface area contributed by atoms with Gasteiger partial charge in [-0.15, -0.1) is 0 Å². The number of nitrogens with zero attached hydrogens (tertiary/aromatic N) is 3. The van der Waals surface area contributed by atoms with Crippen LogP contribution in [0, 0.1) is 10.8 Å². The second-order valence-electron chi connectivity index (χ2n) is 4.26. The molecule has 2 rings (SSSR count).